The van der Waals surface area contributed by atoms with Crippen LogP contribution >= 0.6 is 11.8 Å². The number of pyridine rings is 1. The lowest BCUT2D eigenvalue weighted by Crippen LogP contribution is -2.40. The molecule has 198 valence electrons. The molecule has 3 aromatic heterocycles. The fourth-order valence-electron chi connectivity index (χ4n) is 5.52. The van der Waals surface area contributed by atoms with Crippen LogP contribution in [0.5, 0.6) is 5.88 Å². The predicted molar refractivity (Wildman–Crippen MR) is 140 cm³/mol. The third-order valence-corrected chi connectivity index (χ3v) is 8.78. The first-order valence-electron chi connectivity index (χ1n) is 12.1. The first-order valence-corrected chi connectivity index (χ1v) is 12.9. The van der Waals surface area contributed by atoms with Crippen LogP contribution in [0.4, 0.5) is 20.3 Å². The van der Waals surface area contributed by atoms with E-state index < -0.39 is 22.8 Å². The number of aliphatic imine (C=N–C) groups is 1. The second-order valence-electron chi connectivity index (χ2n) is 9.44. The summed E-state index contributed by atoms with van der Waals surface area (Å²) in [5, 5.41) is 12.7. The number of nitrogens with zero attached hydrogens (tertiary/aromatic N) is 6. The maximum atomic E-state index is 15.3. The zero-order chi connectivity index (χ0) is 27.2. The number of anilines is 2. The Morgan fingerprint density at radius 1 is 1.26 bits per heavy atom. The summed E-state index contributed by atoms with van der Waals surface area (Å²) in [4.78, 5) is 21.7. The van der Waals surface area contributed by atoms with Gasteiger partial charge in [0.2, 0.25) is 11.8 Å². The van der Waals surface area contributed by atoms with E-state index in [0.717, 1.165) is 0 Å². The monoisotopic (exact) mass is 548 g/mol. The molecule has 3 N–H and O–H groups in total. The molecule has 4 atom stereocenters. The molecule has 1 aliphatic carbocycles. The van der Waals surface area contributed by atoms with E-state index in [1.54, 1.807) is 12.3 Å². The number of nitrogens with one attached hydrogen (secondary N) is 1. The number of amidine groups is 1. The molecule has 0 bridgehead atoms. The number of thioether (sulfide) groups is 1. The number of rotatable bonds is 8. The fraction of sp³-hybridized carbons (Fsp3) is 0.308. The molecule has 13 heteroatoms. The molecule has 4 heterocycles. The minimum atomic E-state index is -1.53. The third kappa shape index (κ3) is 4.11. The van der Waals surface area contributed by atoms with Gasteiger partial charge in [0.15, 0.2) is 17.6 Å². The SMILES string of the molecule is C[C@H]1[C@@H]2[C@@]1(CC#N)SC(N)=N[C@]2(CF)c1cc(Nc2nccc3nc(OCc4ncco4)cnc23)ccc1F. The summed E-state index contributed by atoms with van der Waals surface area (Å²) >= 11 is 1.28. The van der Waals surface area contributed by atoms with Crippen LogP contribution in [0.15, 0.2) is 58.5 Å². The van der Waals surface area contributed by atoms with Crippen LogP contribution in [-0.4, -0.2) is 36.5 Å². The zero-order valence-electron chi connectivity index (χ0n) is 20.6. The van der Waals surface area contributed by atoms with Gasteiger partial charge in [-0.3, -0.25) is 0 Å². The maximum Gasteiger partial charge on any atom is 0.233 e. The molecular weight excluding hydrogens is 526 g/mol. The molecule has 1 fully saturated rings. The summed E-state index contributed by atoms with van der Waals surface area (Å²) < 4.78 is 40.4. The van der Waals surface area contributed by atoms with E-state index in [4.69, 9.17) is 14.9 Å². The Bertz CT molecular complexity index is 1630. The molecular formula is C26H22F2N8O2S. The second-order valence-corrected chi connectivity index (χ2v) is 10.8. The highest BCUT2D eigenvalue weighted by molar-refractivity contribution is 8.15. The minimum absolute atomic E-state index is 0.0726. The van der Waals surface area contributed by atoms with Crippen molar-refractivity contribution >= 4 is 39.5 Å². The predicted octanol–water partition coefficient (Wildman–Crippen LogP) is 4.62. The smallest absolute Gasteiger partial charge is 0.233 e. The quantitative estimate of drug-likeness (QED) is 0.319. The van der Waals surface area contributed by atoms with Crippen LogP contribution in [-0.2, 0) is 12.1 Å². The Balaban J connectivity index is 1.32. The van der Waals surface area contributed by atoms with Gasteiger partial charge < -0.3 is 20.2 Å². The van der Waals surface area contributed by atoms with Crippen molar-refractivity contribution in [3.05, 3.63) is 66.4 Å². The molecule has 39 heavy (non-hydrogen) atoms. The maximum absolute atomic E-state index is 15.3. The Labute approximate surface area is 225 Å². The van der Waals surface area contributed by atoms with Crippen LogP contribution in [0.1, 0.15) is 24.8 Å². The number of alkyl halides is 1. The zero-order valence-corrected chi connectivity index (χ0v) is 21.5. The Morgan fingerprint density at radius 2 is 2.13 bits per heavy atom. The van der Waals surface area contributed by atoms with Crippen molar-refractivity contribution in [2.45, 2.75) is 30.2 Å². The first kappa shape index (κ1) is 25.0. The van der Waals surface area contributed by atoms with E-state index in [9.17, 15) is 9.65 Å². The molecule has 2 aliphatic rings. The van der Waals surface area contributed by atoms with Crippen LogP contribution in [0, 0.1) is 29.0 Å². The number of aromatic nitrogens is 4. The first-order chi connectivity index (χ1) is 18.9. The summed E-state index contributed by atoms with van der Waals surface area (Å²) in [5.74, 6) is -0.0177. The summed E-state index contributed by atoms with van der Waals surface area (Å²) in [6.45, 7) is 1.07. The number of halogens is 2. The van der Waals surface area contributed by atoms with E-state index in [1.807, 2.05) is 6.92 Å². The fourth-order valence-corrected chi connectivity index (χ4v) is 7.04. The lowest BCUT2D eigenvalue weighted by Gasteiger charge is -2.34. The standard InChI is InChI=1S/C26H22F2N8O2S/c1-14-22-25(13-27,36-24(30)39-26(14,22)5-6-29)16-10-15(2-3-17(16)28)34-23-21-18(4-7-32-23)35-19(11-33-21)38-12-20-31-8-9-37-20/h2-4,7-11,14,22H,5,12-13H2,1H3,(H2,30,36)(H,32,34)/t14-,22-,25+,26-/m0/s1. The highest BCUT2D eigenvalue weighted by atomic mass is 32.2. The van der Waals surface area contributed by atoms with Crippen molar-refractivity contribution in [1.29, 1.82) is 5.26 Å². The normalized spacial score (nSPS) is 25.4. The van der Waals surface area contributed by atoms with E-state index in [0.29, 0.717) is 28.4 Å². The number of ether oxygens (including phenoxy) is 1. The Hall–Kier alpha value is -4.31. The average Bonchev–Trinajstić information content (AvgIpc) is 3.26. The third-order valence-electron chi connectivity index (χ3n) is 7.33. The molecule has 0 spiro atoms. The summed E-state index contributed by atoms with van der Waals surface area (Å²) in [6.07, 6.45) is 6.15. The minimum Gasteiger partial charge on any atom is -0.467 e. The molecule has 6 rings (SSSR count). The van der Waals surface area contributed by atoms with Crippen LogP contribution in [0.25, 0.3) is 11.0 Å². The molecule has 0 unspecified atom stereocenters. The van der Waals surface area contributed by atoms with Gasteiger partial charge in [-0.25, -0.2) is 33.7 Å². The summed E-state index contributed by atoms with van der Waals surface area (Å²) in [6, 6.07) is 8.16. The van der Waals surface area contributed by atoms with Crippen molar-refractivity contribution in [2.24, 2.45) is 22.6 Å². The summed E-state index contributed by atoms with van der Waals surface area (Å²) in [7, 11) is 0. The van der Waals surface area contributed by atoms with E-state index in [-0.39, 0.29) is 41.5 Å². The number of oxazole rings is 1. The molecule has 1 saturated carbocycles. The van der Waals surface area contributed by atoms with Crippen LogP contribution in [0.2, 0.25) is 0 Å². The van der Waals surface area contributed by atoms with Crippen molar-refractivity contribution in [2.75, 3.05) is 12.0 Å². The largest absolute Gasteiger partial charge is 0.467 e. The highest BCUT2D eigenvalue weighted by Crippen LogP contribution is 2.71. The van der Waals surface area contributed by atoms with Crippen molar-refractivity contribution in [3.63, 3.8) is 0 Å². The van der Waals surface area contributed by atoms with E-state index in [1.165, 1.54) is 48.6 Å². The van der Waals surface area contributed by atoms with Crippen molar-refractivity contribution in [3.8, 4) is 11.9 Å². The van der Waals surface area contributed by atoms with Gasteiger partial charge in [-0.2, -0.15) is 5.26 Å². The Kier molecular flexibility index (Phi) is 6.06. The number of nitriles is 1. The number of hydrogen-bond donors (Lipinski definition) is 2. The molecule has 10 nitrogen and oxygen atoms in total. The lowest BCUT2D eigenvalue weighted by atomic mass is 9.83. The van der Waals surface area contributed by atoms with Gasteiger partial charge in [0.1, 0.15) is 29.8 Å². The highest BCUT2D eigenvalue weighted by Gasteiger charge is 2.73. The van der Waals surface area contributed by atoms with Gasteiger partial charge >= 0.3 is 0 Å². The van der Waals surface area contributed by atoms with Gasteiger partial charge in [0, 0.05) is 28.1 Å². The number of fused-ring (bicyclic) bond motifs is 2. The van der Waals surface area contributed by atoms with Gasteiger partial charge in [0.25, 0.3) is 0 Å². The number of benzene rings is 1. The van der Waals surface area contributed by atoms with E-state index >= 15 is 4.39 Å². The number of nitrogens with two attached hydrogens (primary N) is 1. The molecule has 4 aromatic rings. The van der Waals surface area contributed by atoms with Crippen LogP contribution in [0.3, 0.4) is 0 Å². The topological polar surface area (TPSA) is 148 Å². The molecule has 1 aromatic carbocycles. The van der Waals surface area contributed by atoms with Crippen molar-refractivity contribution < 1.29 is 17.9 Å². The van der Waals surface area contributed by atoms with Gasteiger partial charge in [-0.15, -0.1) is 0 Å². The molecule has 0 saturated heterocycles. The molecule has 0 amide bonds. The number of hydrogen-bond acceptors (Lipinski definition) is 11. The van der Waals surface area contributed by atoms with E-state index in [2.05, 4.69) is 36.3 Å². The molecule has 1 aliphatic heterocycles. The van der Waals surface area contributed by atoms with Gasteiger partial charge in [-0.05, 0) is 30.2 Å². The van der Waals surface area contributed by atoms with Crippen LogP contribution < -0.4 is 15.8 Å². The summed E-state index contributed by atoms with van der Waals surface area (Å²) in [5.41, 5.74) is 6.06. The van der Waals surface area contributed by atoms with Crippen molar-refractivity contribution in [1.82, 2.24) is 19.9 Å². The average molecular weight is 549 g/mol. The lowest BCUT2D eigenvalue weighted by molar-refractivity contribution is 0.253. The van der Waals surface area contributed by atoms with Gasteiger partial charge in [0.05, 0.1) is 30.4 Å². The Morgan fingerprint density at radius 3 is 2.90 bits per heavy atom. The molecule has 0 radical (unpaired) electrons. The second kappa shape index (κ2) is 9.46. The van der Waals surface area contributed by atoms with Gasteiger partial charge in [-0.1, -0.05) is 18.7 Å².